The van der Waals surface area contributed by atoms with Crippen molar-refractivity contribution in [3.8, 4) is 23.7 Å². The summed E-state index contributed by atoms with van der Waals surface area (Å²) in [6.07, 6.45) is 4.62. The average molecular weight is 429 g/mol. The second-order valence-electron chi connectivity index (χ2n) is 7.93. The normalized spacial score (nSPS) is 10.1. The second-order valence-corrected chi connectivity index (χ2v) is 7.93. The second kappa shape index (κ2) is 10.5. The zero-order valence-electron chi connectivity index (χ0n) is 18.8. The van der Waals surface area contributed by atoms with Crippen LogP contribution in [-0.2, 0) is 12.8 Å². The van der Waals surface area contributed by atoms with Gasteiger partial charge in [0.05, 0.1) is 0 Å². The Labute approximate surface area is 195 Å². The van der Waals surface area contributed by atoms with Gasteiger partial charge in [-0.25, -0.2) is 4.39 Å². The first-order valence-corrected chi connectivity index (χ1v) is 11.2. The number of benzene rings is 4. The van der Waals surface area contributed by atoms with Gasteiger partial charge in [0.15, 0.2) is 0 Å². The zero-order chi connectivity index (χ0) is 23.0. The highest BCUT2D eigenvalue weighted by Crippen LogP contribution is 2.22. The molecule has 0 aliphatic rings. The van der Waals surface area contributed by atoms with Crippen molar-refractivity contribution >= 4 is 10.8 Å². The number of aryl methyl sites for hydroxylation is 2. The molecule has 0 spiro atoms. The Morgan fingerprint density at radius 3 is 1.85 bits per heavy atom. The van der Waals surface area contributed by atoms with Crippen LogP contribution in [-0.4, -0.2) is 0 Å². The van der Waals surface area contributed by atoms with Crippen LogP contribution in [0, 0.1) is 29.5 Å². The van der Waals surface area contributed by atoms with Crippen LogP contribution in [0.25, 0.3) is 10.8 Å². The molecule has 160 valence electrons. The minimum absolute atomic E-state index is 0.130. The summed E-state index contributed by atoms with van der Waals surface area (Å²) in [7, 11) is 0. The molecule has 0 fully saturated rings. The first-order chi connectivity index (χ1) is 16.2. The fourth-order valence-corrected chi connectivity index (χ4v) is 3.64. The van der Waals surface area contributed by atoms with Crippen LogP contribution in [0.4, 0.5) is 4.39 Å². The van der Waals surface area contributed by atoms with Crippen molar-refractivity contribution in [2.75, 3.05) is 0 Å². The molecule has 4 rings (SSSR count). The molecule has 0 heterocycles. The van der Waals surface area contributed by atoms with Gasteiger partial charge >= 0.3 is 0 Å². The summed E-state index contributed by atoms with van der Waals surface area (Å²) in [6.45, 7) is 5.73. The largest absolute Gasteiger partial charge is 0.206 e. The fourth-order valence-electron chi connectivity index (χ4n) is 3.64. The van der Waals surface area contributed by atoms with Gasteiger partial charge in [0, 0.05) is 27.6 Å². The summed E-state index contributed by atoms with van der Waals surface area (Å²) in [5, 5.41) is 1.52. The van der Waals surface area contributed by atoms with E-state index in [0.29, 0.717) is 11.8 Å². The lowest BCUT2D eigenvalue weighted by molar-refractivity contribution is 0.624. The Morgan fingerprint density at radius 1 is 0.727 bits per heavy atom. The topological polar surface area (TPSA) is 0 Å². The molecular formula is C32H25F. The smallest absolute Gasteiger partial charge is 0.134 e. The SMILES string of the molecule is C=CCCc1ccc(C#Cc2ccc(C#Cc3ccc4c(F)c(CC)ccc4c3)cc2)cc1. The molecule has 0 bridgehead atoms. The number of rotatable bonds is 4. The van der Waals surface area contributed by atoms with E-state index in [2.05, 4.69) is 54.5 Å². The van der Waals surface area contributed by atoms with Crippen molar-refractivity contribution in [1.82, 2.24) is 0 Å². The summed E-state index contributed by atoms with van der Waals surface area (Å²) in [5.74, 6) is 12.7. The molecule has 0 saturated carbocycles. The van der Waals surface area contributed by atoms with Crippen molar-refractivity contribution in [2.24, 2.45) is 0 Å². The number of fused-ring (bicyclic) bond motifs is 1. The molecule has 4 aromatic rings. The molecule has 0 aromatic heterocycles. The van der Waals surface area contributed by atoms with Gasteiger partial charge in [-0.1, -0.05) is 67.0 Å². The van der Waals surface area contributed by atoms with Crippen LogP contribution in [0.5, 0.6) is 0 Å². The molecule has 0 N–H and O–H groups in total. The molecule has 0 radical (unpaired) electrons. The minimum Gasteiger partial charge on any atom is -0.206 e. The van der Waals surface area contributed by atoms with E-state index in [9.17, 15) is 4.39 Å². The molecule has 0 aliphatic heterocycles. The maximum absolute atomic E-state index is 14.5. The van der Waals surface area contributed by atoms with Crippen molar-refractivity contribution in [3.63, 3.8) is 0 Å². The van der Waals surface area contributed by atoms with Crippen LogP contribution in [0.3, 0.4) is 0 Å². The van der Waals surface area contributed by atoms with Crippen LogP contribution in [0.1, 0.15) is 46.7 Å². The molecule has 0 aliphatic carbocycles. The average Bonchev–Trinajstić information content (AvgIpc) is 2.86. The van der Waals surface area contributed by atoms with Crippen molar-refractivity contribution < 1.29 is 4.39 Å². The van der Waals surface area contributed by atoms with Crippen LogP contribution in [0.15, 0.2) is 91.5 Å². The number of halogens is 1. The first-order valence-electron chi connectivity index (χ1n) is 11.2. The van der Waals surface area contributed by atoms with Crippen LogP contribution >= 0.6 is 0 Å². The summed E-state index contributed by atoms with van der Waals surface area (Å²) in [5.41, 5.74) is 5.77. The summed E-state index contributed by atoms with van der Waals surface area (Å²) < 4.78 is 14.5. The molecule has 0 amide bonds. The molecular weight excluding hydrogens is 403 g/mol. The Bertz CT molecular complexity index is 1400. The maximum atomic E-state index is 14.5. The Balaban J connectivity index is 1.46. The number of hydrogen-bond acceptors (Lipinski definition) is 0. The summed E-state index contributed by atoms with van der Waals surface area (Å²) in [6, 6.07) is 25.7. The van der Waals surface area contributed by atoms with Crippen molar-refractivity contribution in [2.45, 2.75) is 26.2 Å². The lowest BCUT2D eigenvalue weighted by Gasteiger charge is -2.04. The van der Waals surface area contributed by atoms with E-state index in [4.69, 9.17) is 0 Å². The molecule has 0 unspecified atom stereocenters. The van der Waals surface area contributed by atoms with Crippen molar-refractivity contribution in [1.29, 1.82) is 0 Å². The van der Waals surface area contributed by atoms with Crippen molar-refractivity contribution in [3.05, 3.63) is 131 Å². The van der Waals surface area contributed by atoms with Gasteiger partial charge < -0.3 is 0 Å². The number of hydrogen-bond donors (Lipinski definition) is 0. The van der Waals surface area contributed by atoms with E-state index in [-0.39, 0.29) is 5.82 Å². The van der Waals surface area contributed by atoms with Gasteiger partial charge in [-0.05, 0) is 84.3 Å². The van der Waals surface area contributed by atoms with Gasteiger partial charge in [0.25, 0.3) is 0 Å². The number of allylic oxidation sites excluding steroid dienone is 1. The van der Waals surface area contributed by atoms with E-state index in [1.165, 1.54) is 5.56 Å². The first kappa shape index (κ1) is 22.1. The lowest BCUT2D eigenvalue weighted by atomic mass is 10.0. The van der Waals surface area contributed by atoms with Crippen LogP contribution in [0.2, 0.25) is 0 Å². The highest BCUT2D eigenvalue weighted by molar-refractivity contribution is 5.85. The summed E-state index contributed by atoms with van der Waals surface area (Å²) >= 11 is 0. The molecule has 1 heteroatoms. The van der Waals surface area contributed by atoms with E-state index in [1.807, 2.05) is 67.6 Å². The van der Waals surface area contributed by atoms with E-state index < -0.39 is 0 Å². The van der Waals surface area contributed by atoms with Crippen LogP contribution < -0.4 is 0 Å². The van der Waals surface area contributed by atoms with Gasteiger partial charge in [0.1, 0.15) is 5.82 Å². The fraction of sp³-hybridized carbons (Fsp3) is 0.125. The quantitative estimate of drug-likeness (QED) is 0.234. The Kier molecular flexibility index (Phi) is 7.04. The van der Waals surface area contributed by atoms with E-state index in [1.54, 1.807) is 0 Å². The molecule has 0 saturated heterocycles. The van der Waals surface area contributed by atoms with E-state index in [0.717, 1.165) is 46.0 Å². The zero-order valence-corrected chi connectivity index (χ0v) is 18.8. The highest BCUT2D eigenvalue weighted by atomic mass is 19.1. The maximum Gasteiger partial charge on any atom is 0.134 e. The molecule has 33 heavy (non-hydrogen) atoms. The predicted octanol–water partition coefficient (Wildman–Crippen LogP) is 7.46. The van der Waals surface area contributed by atoms with Gasteiger partial charge in [-0.15, -0.1) is 6.58 Å². The third-order valence-corrected chi connectivity index (χ3v) is 5.59. The lowest BCUT2D eigenvalue weighted by Crippen LogP contribution is -1.89. The van der Waals surface area contributed by atoms with Gasteiger partial charge in [-0.2, -0.15) is 0 Å². The monoisotopic (exact) mass is 428 g/mol. The Hall–Kier alpha value is -4.07. The highest BCUT2D eigenvalue weighted by Gasteiger charge is 2.05. The Morgan fingerprint density at radius 2 is 1.27 bits per heavy atom. The molecule has 4 aromatic carbocycles. The van der Waals surface area contributed by atoms with E-state index >= 15 is 0 Å². The minimum atomic E-state index is -0.130. The third kappa shape index (κ3) is 5.60. The predicted molar refractivity (Wildman–Crippen MR) is 137 cm³/mol. The standard InChI is InChI=1S/C32H25F/c1-3-5-6-24-7-9-25(10-8-24)11-12-26-13-15-27(16-14-26)17-18-28-19-22-31-30(23-28)21-20-29(4-2)32(31)33/h3,7-10,13-16,19-23H,1,4-6H2,2H3. The molecule has 0 atom stereocenters. The third-order valence-electron chi connectivity index (χ3n) is 5.59. The van der Waals surface area contributed by atoms with Gasteiger partial charge in [-0.3, -0.25) is 0 Å². The molecule has 0 nitrogen and oxygen atoms in total. The van der Waals surface area contributed by atoms with Gasteiger partial charge in [0.2, 0.25) is 0 Å². The summed E-state index contributed by atoms with van der Waals surface area (Å²) in [4.78, 5) is 0.